The number of hydrogen-bond acceptors (Lipinski definition) is 10. The maximum absolute atomic E-state index is 10.9. The van der Waals surface area contributed by atoms with Gasteiger partial charge in [0.1, 0.15) is 18.3 Å². The van der Waals surface area contributed by atoms with E-state index >= 15 is 0 Å². The van der Waals surface area contributed by atoms with Gasteiger partial charge < -0.3 is 29.8 Å². The lowest BCUT2D eigenvalue weighted by atomic mass is 10.1. The number of aliphatic imine (C=N–C) groups is 3. The minimum Gasteiger partial charge on any atom is -0.867 e. The lowest BCUT2D eigenvalue weighted by Gasteiger charge is -2.16. The second-order valence-corrected chi connectivity index (χ2v) is 8.82. The molecule has 3 aliphatic heterocycles. The number of fused-ring (bicyclic) bond motifs is 1. The van der Waals surface area contributed by atoms with Gasteiger partial charge in [-0.3, -0.25) is 9.93 Å². The summed E-state index contributed by atoms with van der Waals surface area (Å²) in [4.78, 5) is 29.9. The number of thioether (sulfide) groups is 1. The molecule has 0 aliphatic carbocycles. The summed E-state index contributed by atoms with van der Waals surface area (Å²) in [5, 5.41) is 41.0. The number of rotatable bonds is 6. The zero-order valence-corrected chi connectivity index (χ0v) is 18.1. The van der Waals surface area contributed by atoms with Crippen LogP contribution in [0.25, 0.3) is 0 Å². The van der Waals surface area contributed by atoms with Crippen LogP contribution in [0.2, 0.25) is 0 Å². The molecular weight excluding hydrogens is 509 g/mol. The second-order valence-electron chi connectivity index (χ2n) is 5.93. The Labute approximate surface area is 181 Å². The molecule has 162 valence electrons. The van der Waals surface area contributed by atoms with Crippen LogP contribution in [0.3, 0.4) is 0 Å². The van der Waals surface area contributed by atoms with E-state index in [1.165, 1.54) is 28.5 Å². The maximum atomic E-state index is 10.9. The Morgan fingerprint density at radius 1 is 1.43 bits per heavy atom. The number of allylic oxidation sites excluding steroid dienone is 2. The predicted molar refractivity (Wildman–Crippen MR) is 109 cm³/mol. The summed E-state index contributed by atoms with van der Waals surface area (Å²) in [7, 11) is -4.79. The number of hydrogen-bond donors (Lipinski definition) is 5. The molecule has 1 saturated heterocycles. The summed E-state index contributed by atoms with van der Waals surface area (Å²) in [5.41, 5.74) is 0.116. The summed E-state index contributed by atoms with van der Waals surface area (Å²) in [6.45, 7) is -0.654. The van der Waals surface area contributed by atoms with Gasteiger partial charge in [-0.2, -0.15) is 9.57 Å². The van der Waals surface area contributed by atoms with Gasteiger partial charge in [-0.15, -0.1) is 4.99 Å². The number of aliphatic hydroxyl groups excluding tert-OH is 2. The van der Waals surface area contributed by atoms with E-state index < -0.39 is 39.0 Å². The first-order valence-corrected chi connectivity index (χ1v) is 11.3. The quantitative estimate of drug-likeness (QED) is 0.120. The molecule has 0 aromatic carbocycles. The van der Waals surface area contributed by atoms with Crippen molar-refractivity contribution in [2.75, 3.05) is 6.61 Å². The van der Waals surface area contributed by atoms with E-state index in [1.807, 2.05) is 0 Å². The molecule has 3 heterocycles. The molecule has 0 saturated carbocycles. The van der Waals surface area contributed by atoms with Crippen molar-refractivity contribution in [3.63, 3.8) is 0 Å². The number of phosphoric ester groups is 1. The predicted octanol–water partition coefficient (Wildman–Crippen LogP) is -1.37. The third kappa shape index (κ3) is 5.38. The molecular formula is C14H15BrN5O8PS. The number of ether oxygens (including phenoxy) is 1. The number of nitrogens with zero attached hydrogens (tertiary/aromatic N) is 4. The highest BCUT2D eigenvalue weighted by molar-refractivity contribution is 9.11. The average Bonchev–Trinajstić information content (AvgIpc) is 3.19. The Hall–Kier alpha value is -1.55. The zero-order chi connectivity index (χ0) is 22.1. The van der Waals surface area contributed by atoms with E-state index in [9.17, 15) is 19.9 Å². The highest BCUT2D eigenvalue weighted by atomic mass is 79.9. The molecule has 4 atom stereocenters. The molecule has 0 aromatic heterocycles. The highest BCUT2D eigenvalue weighted by Crippen LogP contribution is 2.37. The normalized spacial score (nSPS) is 29.6. The summed E-state index contributed by atoms with van der Waals surface area (Å²) >= 11 is 3.78. The van der Waals surface area contributed by atoms with Crippen molar-refractivity contribution in [2.45, 2.75) is 24.5 Å². The van der Waals surface area contributed by atoms with Crippen molar-refractivity contribution >= 4 is 64.4 Å². The van der Waals surface area contributed by atoms with Crippen molar-refractivity contribution in [3.8, 4) is 0 Å². The molecule has 0 unspecified atom stereocenters. The molecule has 16 heteroatoms. The van der Waals surface area contributed by atoms with Crippen molar-refractivity contribution in [1.82, 2.24) is 0 Å². The average molecular weight is 524 g/mol. The van der Waals surface area contributed by atoms with Crippen molar-refractivity contribution in [3.05, 3.63) is 22.2 Å². The van der Waals surface area contributed by atoms with E-state index in [2.05, 4.69) is 35.4 Å². The second kappa shape index (κ2) is 9.30. The molecule has 0 amide bonds. The first-order valence-electron chi connectivity index (χ1n) is 8.10. The van der Waals surface area contributed by atoms with Crippen LogP contribution < -0.4 is 5.11 Å². The van der Waals surface area contributed by atoms with Gasteiger partial charge in [0.2, 0.25) is 12.6 Å². The van der Waals surface area contributed by atoms with Crippen LogP contribution in [0.15, 0.2) is 37.2 Å². The van der Waals surface area contributed by atoms with Crippen molar-refractivity contribution in [1.29, 1.82) is 5.41 Å². The molecule has 13 nitrogen and oxygen atoms in total. The molecule has 5 N–H and O–H groups in total. The number of aliphatic hydroxyl groups is 2. The Kier molecular flexibility index (Phi) is 7.16. The summed E-state index contributed by atoms with van der Waals surface area (Å²) in [5.74, 6) is -0.0520. The highest BCUT2D eigenvalue weighted by Gasteiger charge is 2.50. The largest absolute Gasteiger partial charge is 0.867 e. The number of nitrogens with one attached hydrogen (secondary N) is 1. The van der Waals surface area contributed by atoms with Crippen LogP contribution in [0, 0.1) is 5.41 Å². The van der Waals surface area contributed by atoms with Gasteiger partial charge in [0.25, 0.3) is 10.9 Å². The topological polar surface area (TPSA) is 203 Å². The van der Waals surface area contributed by atoms with Crippen LogP contribution in [0.4, 0.5) is 0 Å². The van der Waals surface area contributed by atoms with E-state index in [-0.39, 0.29) is 27.2 Å². The zero-order valence-electron chi connectivity index (χ0n) is 14.8. The fourth-order valence-corrected chi connectivity index (χ4v) is 3.67. The van der Waals surface area contributed by atoms with Gasteiger partial charge in [-0.1, -0.05) is 37.7 Å². The van der Waals surface area contributed by atoms with Crippen LogP contribution in [0.5, 0.6) is 0 Å². The lowest BCUT2D eigenvalue weighted by molar-refractivity contribution is -0.517. The molecule has 3 aliphatic rings. The standard InChI is InChI=1S/C14H15BrN5O8PS/c15-7(21)2-1-3-30-14-18-11(16)8-12(19-14)20(5-17-8)13-10(23)9(22)6(28-13)4-27-29(24,25)26/h1-3,5-6,9-10,13,16,22-23H,4H2,(H2-,21,24,25,26)/b3-1?,7-2-,16-11?/t6-,9-,10-,13-/m1/s1. The Bertz CT molecular complexity index is 969. The van der Waals surface area contributed by atoms with E-state index in [4.69, 9.17) is 19.9 Å². The van der Waals surface area contributed by atoms with Crippen LogP contribution in [0.1, 0.15) is 0 Å². The van der Waals surface area contributed by atoms with Gasteiger partial charge in [0.05, 0.1) is 6.61 Å². The fourth-order valence-electron chi connectivity index (χ4n) is 2.62. The Morgan fingerprint density at radius 2 is 2.17 bits per heavy atom. The summed E-state index contributed by atoms with van der Waals surface area (Å²) in [6, 6.07) is 0. The third-order valence-corrected chi connectivity index (χ3v) is 5.33. The van der Waals surface area contributed by atoms with Gasteiger partial charge >= 0.3 is 13.7 Å². The van der Waals surface area contributed by atoms with Crippen LogP contribution in [-0.4, -0.2) is 84.6 Å². The minimum absolute atomic E-state index is 0.116. The first kappa shape index (κ1) is 23.1. The Balaban J connectivity index is 1.75. The smallest absolute Gasteiger partial charge is 0.469 e. The molecule has 1 fully saturated rings. The van der Waals surface area contributed by atoms with Gasteiger partial charge in [0, 0.05) is 0 Å². The molecule has 30 heavy (non-hydrogen) atoms. The van der Waals surface area contributed by atoms with E-state index in [0.29, 0.717) is 0 Å². The first-order chi connectivity index (χ1) is 14.1. The molecule has 3 rings (SSSR count). The van der Waals surface area contributed by atoms with Crippen LogP contribution >= 0.6 is 35.5 Å². The molecule has 0 bridgehead atoms. The summed E-state index contributed by atoms with van der Waals surface area (Å²) < 4.78 is 21.7. The third-order valence-electron chi connectivity index (χ3n) is 3.90. The van der Waals surface area contributed by atoms with Gasteiger partial charge in [-0.25, -0.2) is 4.57 Å². The number of halogens is 1. The molecule has 0 spiro atoms. The maximum Gasteiger partial charge on any atom is 0.469 e. The van der Waals surface area contributed by atoms with Crippen molar-refractivity contribution in [2.24, 2.45) is 15.0 Å². The van der Waals surface area contributed by atoms with E-state index in [1.54, 1.807) is 0 Å². The van der Waals surface area contributed by atoms with Gasteiger partial charge in [0.15, 0.2) is 5.84 Å². The molecule has 0 radical (unpaired) electrons. The number of phosphoric acid groups is 1. The van der Waals surface area contributed by atoms with Crippen molar-refractivity contribution < 1.29 is 43.5 Å². The monoisotopic (exact) mass is 523 g/mol. The molecule has 0 aromatic rings. The number of amidine groups is 3. The minimum atomic E-state index is -4.79. The Morgan fingerprint density at radius 3 is 2.83 bits per heavy atom. The SMILES string of the molecule is N=C1N=C(SC=C/C=C(\[O-])Br)N=C2C1=NC=[N+]2[C@@H]1O[C@H](COP(=O)(O)O)[C@@H](O)[C@H]1O. The lowest BCUT2D eigenvalue weighted by Crippen LogP contribution is -2.44. The van der Waals surface area contributed by atoms with E-state index in [0.717, 1.165) is 11.8 Å². The van der Waals surface area contributed by atoms with Gasteiger partial charge in [-0.05, 0) is 17.2 Å². The van der Waals surface area contributed by atoms with Crippen LogP contribution in [-0.2, 0) is 13.8 Å². The summed E-state index contributed by atoms with van der Waals surface area (Å²) in [6.07, 6.45) is -1.42. The fraction of sp³-hybridized carbons (Fsp3) is 0.357.